The number of fused-ring (bicyclic) bond motifs is 1. The summed E-state index contributed by atoms with van der Waals surface area (Å²) in [6.45, 7) is 2.45. The molecule has 0 saturated carbocycles. The van der Waals surface area contributed by atoms with Gasteiger partial charge in [-0.3, -0.25) is 4.79 Å². The van der Waals surface area contributed by atoms with Crippen molar-refractivity contribution in [1.82, 2.24) is 15.0 Å². The van der Waals surface area contributed by atoms with Crippen LogP contribution in [-0.2, 0) is 0 Å². The number of nitrogens with one attached hydrogen (secondary N) is 1. The molecule has 0 atom stereocenters. The predicted molar refractivity (Wildman–Crippen MR) is 124 cm³/mol. The summed E-state index contributed by atoms with van der Waals surface area (Å²) in [5.41, 5.74) is 3.15. The van der Waals surface area contributed by atoms with E-state index in [-0.39, 0.29) is 5.91 Å². The van der Waals surface area contributed by atoms with E-state index in [1.807, 2.05) is 13.0 Å². The monoisotopic (exact) mass is 500 g/mol. The zero-order chi connectivity index (χ0) is 22.0. The van der Waals surface area contributed by atoms with Gasteiger partial charge in [-0.15, -0.1) is 10.2 Å². The first kappa shape index (κ1) is 21.1. The molecule has 0 aliphatic rings. The Morgan fingerprint density at radius 1 is 1.06 bits per heavy atom. The van der Waals surface area contributed by atoms with Crippen LogP contribution in [0.25, 0.3) is 16.7 Å². The van der Waals surface area contributed by atoms with Crippen LogP contribution in [0.3, 0.4) is 0 Å². The first-order valence-electron chi connectivity index (χ1n) is 9.43. The Balaban J connectivity index is 1.56. The highest BCUT2D eigenvalue weighted by atomic mass is 79.9. The predicted octanol–water partition coefficient (Wildman–Crippen LogP) is 5.50. The average Bonchev–Trinajstić information content (AvgIpc) is 3.18. The standard InChI is InChI=1S/C22H18BrClN4O3/c1-3-31-20-8-4-13(10-16(20)23)22(29)25-14-5-7-18-19(11-14)27-28(26-18)15-6-9-21(30-2)17(24)12-15/h4-12H,3H2,1-2H3,(H,25,29). The number of methoxy groups -OCH3 is 1. The summed E-state index contributed by atoms with van der Waals surface area (Å²) in [5.74, 6) is 1.03. The van der Waals surface area contributed by atoms with Crippen LogP contribution in [0.15, 0.2) is 59.1 Å². The van der Waals surface area contributed by atoms with Crippen LogP contribution >= 0.6 is 27.5 Å². The van der Waals surface area contributed by atoms with Crippen molar-refractivity contribution in [2.24, 2.45) is 0 Å². The molecule has 1 heterocycles. The molecule has 0 radical (unpaired) electrons. The fraction of sp³-hybridized carbons (Fsp3) is 0.136. The van der Waals surface area contributed by atoms with Crippen molar-refractivity contribution in [2.45, 2.75) is 6.92 Å². The highest BCUT2D eigenvalue weighted by Crippen LogP contribution is 2.28. The van der Waals surface area contributed by atoms with Crippen molar-refractivity contribution in [3.63, 3.8) is 0 Å². The first-order valence-corrected chi connectivity index (χ1v) is 10.6. The van der Waals surface area contributed by atoms with E-state index in [9.17, 15) is 4.79 Å². The van der Waals surface area contributed by atoms with E-state index in [4.69, 9.17) is 21.1 Å². The van der Waals surface area contributed by atoms with Crippen molar-refractivity contribution < 1.29 is 14.3 Å². The molecule has 0 unspecified atom stereocenters. The zero-order valence-corrected chi connectivity index (χ0v) is 19.1. The molecule has 1 amide bonds. The molecule has 1 N–H and O–H groups in total. The Morgan fingerprint density at radius 2 is 1.84 bits per heavy atom. The number of rotatable bonds is 6. The van der Waals surface area contributed by atoms with Crippen LogP contribution in [0, 0.1) is 0 Å². The Labute approximate surface area is 192 Å². The summed E-state index contributed by atoms with van der Waals surface area (Å²) in [5, 5.41) is 12.3. The van der Waals surface area contributed by atoms with Crippen molar-refractivity contribution in [2.75, 3.05) is 19.0 Å². The van der Waals surface area contributed by atoms with E-state index < -0.39 is 0 Å². The SMILES string of the molecule is CCOc1ccc(C(=O)Nc2ccc3nn(-c4ccc(OC)c(Cl)c4)nc3c2)cc1Br. The number of hydrogen-bond acceptors (Lipinski definition) is 5. The third-order valence-electron chi connectivity index (χ3n) is 4.50. The topological polar surface area (TPSA) is 78.3 Å². The van der Waals surface area contributed by atoms with E-state index in [0.717, 1.165) is 4.47 Å². The molecule has 158 valence electrons. The van der Waals surface area contributed by atoms with Crippen LogP contribution < -0.4 is 14.8 Å². The van der Waals surface area contributed by atoms with E-state index in [0.29, 0.717) is 51.1 Å². The van der Waals surface area contributed by atoms with Gasteiger partial charge in [0.1, 0.15) is 22.5 Å². The lowest BCUT2D eigenvalue weighted by atomic mass is 10.2. The molecule has 3 aromatic carbocycles. The minimum atomic E-state index is -0.238. The fourth-order valence-electron chi connectivity index (χ4n) is 3.01. The van der Waals surface area contributed by atoms with E-state index in [1.165, 1.54) is 4.80 Å². The maximum atomic E-state index is 12.7. The molecule has 0 aliphatic carbocycles. The second kappa shape index (κ2) is 8.95. The van der Waals surface area contributed by atoms with Gasteiger partial charge in [0, 0.05) is 11.3 Å². The summed E-state index contributed by atoms with van der Waals surface area (Å²) in [6.07, 6.45) is 0. The summed E-state index contributed by atoms with van der Waals surface area (Å²) in [6, 6.07) is 15.9. The van der Waals surface area contributed by atoms with Gasteiger partial charge in [0.2, 0.25) is 0 Å². The minimum absolute atomic E-state index is 0.238. The van der Waals surface area contributed by atoms with Crippen LogP contribution in [0.5, 0.6) is 11.5 Å². The number of benzene rings is 3. The lowest BCUT2D eigenvalue weighted by Crippen LogP contribution is -2.12. The number of halogens is 2. The molecule has 0 bridgehead atoms. The van der Waals surface area contributed by atoms with Crippen molar-refractivity contribution in [3.05, 3.63) is 69.7 Å². The molecule has 0 fully saturated rings. The first-order chi connectivity index (χ1) is 15.0. The molecular weight excluding hydrogens is 484 g/mol. The van der Waals surface area contributed by atoms with Crippen LogP contribution in [0.4, 0.5) is 5.69 Å². The maximum Gasteiger partial charge on any atom is 0.255 e. The summed E-state index contributed by atoms with van der Waals surface area (Å²) in [4.78, 5) is 14.1. The summed E-state index contributed by atoms with van der Waals surface area (Å²) in [7, 11) is 1.56. The number of ether oxygens (including phenoxy) is 2. The Hall–Kier alpha value is -3.10. The molecule has 0 saturated heterocycles. The normalized spacial score (nSPS) is 10.8. The second-order valence-electron chi connectivity index (χ2n) is 6.54. The number of carbonyl (C=O) groups is 1. The third-order valence-corrected chi connectivity index (χ3v) is 5.41. The molecule has 0 spiro atoms. The average molecular weight is 502 g/mol. The minimum Gasteiger partial charge on any atom is -0.495 e. The summed E-state index contributed by atoms with van der Waals surface area (Å²) >= 11 is 9.63. The van der Waals surface area contributed by atoms with Gasteiger partial charge in [-0.25, -0.2) is 0 Å². The van der Waals surface area contributed by atoms with Gasteiger partial charge in [0.05, 0.1) is 28.9 Å². The van der Waals surface area contributed by atoms with Crippen molar-refractivity contribution in [1.29, 1.82) is 0 Å². The molecule has 31 heavy (non-hydrogen) atoms. The Bertz CT molecular complexity index is 1280. The van der Waals surface area contributed by atoms with Gasteiger partial charge in [0.25, 0.3) is 5.91 Å². The highest BCUT2D eigenvalue weighted by Gasteiger charge is 2.12. The maximum absolute atomic E-state index is 12.7. The Kier molecular flexibility index (Phi) is 6.11. The van der Waals surface area contributed by atoms with Crippen molar-refractivity contribution in [3.8, 4) is 17.2 Å². The smallest absolute Gasteiger partial charge is 0.255 e. The third kappa shape index (κ3) is 4.50. The number of hydrogen-bond donors (Lipinski definition) is 1. The number of carbonyl (C=O) groups excluding carboxylic acids is 1. The second-order valence-corrected chi connectivity index (χ2v) is 7.81. The number of anilines is 1. The molecule has 4 rings (SSSR count). The van der Waals surface area contributed by atoms with Gasteiger partial charge < -0.3 is 14.8 Å². The number of aromatic nitrogens is 3. The number of nitrogens with zero attached hydrogens (tertiary/aromatic N) is 3. The molecule has 7 nitrogen and oxygen atoms in total. The van der Waals surface area contributed by atoms with Gasteiger partial charge in [0.15, 0.2) is 0 Å². The molecule has 9 heteroatoms. The highest BCUT2D eigenvalue weighted by molar-refractivity contribution is 9.10. The lowest BCUT2D eigenvalue weighted by Gasteiger charge is -2.09. The summed E-state index contributed by atoms with van der Waals surface area (Å²) < 4.78 is 11.4. The largest absolute Gasteiger partial charge is 0.495 e. The quantitative estimate of drug-likeness (QED) is 0.378. The van der Waals surface area contributed by atoms with Gasteiger partial charge in [-0.1, -0.05) is 11.6 Å². The number of amides is 1. The Morgan fingerprint density at radius 3 is 2.55 bits per heavy atom. The fourth-order valence-corrected chi connectivity index (χ4v) is 3.75. The van der Waals surface area contributed by atoms with E-state index in [2.05, 4.69) is 31.4 Å². The van der Waals surface area contributed by atoms with Gasteiger partial charge in [-0.05, 0) is 77.5 Å². The van der Waals surface area contributed by atoms with Crippen LogP contribution in [0.2, 0.25) is 5.02 Å². The molecular formula is C22H18BrClN4O3. The van der Waals surface area contributed by atoms with E-state index >= 15 is 0 Å². The van der Waals surface area contributed by atoms with Crippen LogP contribution in [0.1, 0.15) is 17.3 Å². The van der Waals surface area contributed by atoms with Gasteiger partial charge in [-0.2, -0.15) is 4.80 Å². The van der Waals surface area contributed by atoms with Crippen molar-refractivity contribution >= 4 is 50.2 Å². The lowest BCUT2D eigenvalue weighted by molar-refractivity contribution is 0.102. The zero-order valence-electron chi connectivity index (χ0n) is 16.7. The molecule has 4 aromatic rings. The van der Waals surface area contributed by atoms with Crippen LogP contribution in [-0.4, -0.2) is 34.6 Å². The molecule has 0 aliphatic heterocycles. The molecule has 1 aromatic heterocycles. The van der Waals surface area contributed by atoms with E-state index in [1.54, 1.807) is 55.6 Å². The van der Waals surface area contributed by atoms with Gasteiger partial charge >= 0.3 is 0 Å².